The minimum Gasteiger partial charge on any atom is -0.388 e. The summed E-state index contributed by atoms with van der Waals surface area (Å²) >= 11 is 1.43. The second kappa shape index (κ2) is 6.58. The smallest absolute Gasteiger partial charge is 0.292 e. The van der Waals surface area contributed by atoms with Gasteiger partial charge in [-0.15, -0.1) is 5.26 Å². The normalized spacial score (nSPS) is 10.6. The number of benzene rings is 1. The predicted octanol–water partition coefficient (Wildman–Crippen LogP) is 1.23. The van der Waals surface area contributed by atoms with Crippen LogP contribution in [0.4, 0.5) is 0 Å². The molecule has 0 amide bonds. The molecule has 0 fully saturated rings. The lowest BCUT2D eigenvalue weighted by molar-refractivity contribution is 0.507. The standard InChI is InChI=1S/C10H12N4OS/c1-13-14-10(12)16-6-8-2-4-9(5-3-8)15-7-11/h2-5,13H,6H2,1H3,(H2,12,14). The summed E-state index contributed by atoms with van der Waals surface area (Å²) in [6.45, 7) is 0. The van der Waals surface area contributed by atoms with E-state index in [-0.39, 0.29) is 0 Å². The molecular weight excluding hydrogens is 224 g/mol. The van der Waals surface area contributed by atoms with Crippen molar-refractivity contribution in [3.8, 4) is 12.0 Å². The first-order chi connectivity index (χ1) is 7.76. The fourth-order valence-electron chi connectivity index (χ4n) is 1.01. The summed E-state index contributed by atoms with van der Waals surface area (Å²) in [7, 11) is 1.70. The number of amidine groups is 1. The molecule has 5 nitrogen and oxygen atoms in total. The molecular formula is C10H12N4OS. The molecule has 0 spiro atoms. The van der Waals surface area contributed by atoms with Gasteiger partial charge in [0.05, 0.1) is 0 Å². The van der Waals surface area contributed by atoms with Gasteiger partial charge in [-0.05, 0) is 17.7 Å². The van der Waals surface area contributed by atoms with Gasteiger partial charge in [-0.3, -0.25) is 0 Å². The largest absolute Gasteiger partial charge is 0.388 e. The Labute approximate surface area is 98.3 Å². The highest BCUT2D eigenvalue weighted by Crippen LogP contribution is 2.16. The van der Waals surface area contributed by atoms with E-state index < -0.39 is 0 Å². The molecule has 1 rings (SSSR count). The Hall–Kier alpha value is -1.87. The average molecular weight is 236 g/mol. The molecule has 1 aromatic carbocycles. The number of nitrogens with zero attached hydrogens (tertiary/aromatic N) is 2. The maximum Gasteiger partial charge on any atom is 0.292 e. The van der Waals surface area contributed by atoms with Crippen LogP contribution in [-0.4, -0.2) is 12.2 Å². The Kier molecular flexibility index (Phi) is 5.02. The molecule has 1 aromatic rings. The number of ether oxygens (including phenoxy) is 1. The van der Waals surface area contributed by atoms with Crippen molar-refractivity contribution in [2.75, 3.05) is 7.05 Å². The van der Waals surface area contributed by atoms with Gasteiger partial charge in [-0.25, -0.2) is 0 Å². The van der Waals surface area contributed by atoms with Gasteiger partial charge < -0.3 is 15.9 Å². The van der Waals surface area contributed by atoms with E-state index in [9.17, 15) is 0 Å². The maximum absolute atomic E-state index is 8.31. The van der Waals surface area contributed by atoms with Gasteiger partial charge >= 0.3 is 0 Å². The van der Waals surface area contributed by atoms with Gasteiger partial charge in [0, 0.05) is 12.8 Å². The number of rotatable bonds is 4. The zero-order valence-electron chi connectivity index (χ0n) is 8.80. The van der Waals surface area contributed by atoms with Crippen molar-refractivity contribution < 1.29 is 4.74 Å². The Bertz CT molecular complexity index is 396. The minimum absolute atomic E-state index is 0.486. The first kappa shape index (κ1) is 12.2. The number of hydrogen-bond acceptors (Lipinski definition) is 5. The summed E-state index contributed by atoms with van der Waals surface area (Å²) in [4.78, 5) is 0. The lowest BCUT2D eigenvalue weighted by atomic mass is 10.2. The number of nitrogens with one attached hydrogen (secondary N) is 1. The van der Waals surface area contributed by atoms with E-state index in [1.54, 1.807) is 25.4 Å². The van der Waals surface area contributed by atoms with E-state index in [0.717, 1.165) is 11.3 Å². The Morgan fingerprint density at radius 1 is 1.56 bits per heavy atom. The highest BCUT2D eigenvalue weighted by molar-refractivity contribution is 8.13. The summed E-state index contributed by atoms with van der Waals surface area (Å²) in [6, 6.07) is 7.24. The van der Waals surface area contributed by atoms with Crippen LogP contribution < -0.4 is 15.9 Å². The molecule has 0 aliphatic rings. The van der Waals surface area contributed by atoms with Crippen molar-refractivity contribution >= 4 is 16.9 Å². The molecule has 84 valence electrons. The number of hydrazone groups is 1. The third-order valence-corrected chi connectivity index (χ3v) is 2.56. The average Bonchev–Trinajstić information content (AvgIpc) is 2.29. The van der Waals surface area contributed by atoms with Crippen LogP contribution in [0.25, 0.3) is 0 Å². The topological polar surface area (TPSA) is 83.4 Å². The molecule has 0 saturated carbocycles. The van der Waals surface area contributed by atoms with Gasteiger partial charge in [0.2, 0.25) is 0 Å². The molecule has 0 radical (unpaired) electrons. The summed E-state index contributed by atoms with van der Waals surface area (Å²) in [6.07, 6.45) is 1.62. The molecule has 0 unspecified atom stereocenters. The van der Waals surface area contributed by atoms with Crippen molar-refractivity contribution in [1.82, 2.24) is 5.43 Å². The van der Waals surface area contributed by atoms with E-state index in [1.165, 1.54) is 11.8 Å². The second-order valence-electron chi connectivity index (χ2n) is 2.80. The van der Waals surface area contributed by atoms with Crippen molar-refractivity contribution in [2.24, 2.45) is 10.8 Å². The van der Waals surface area contributed by atoms with E-state index in [4.69, 9.17) is 11.0 Å². The molecule has 16 heavy (non-hydrogen) atoms. The molecule has 0 aromatic heterocycles. The molecule has 0 aliphatic heterocycles. The van der Waals surface area contributed by atoms with Gasteiger partial charge in [-0.2, -0.15) is 5.10 Å². The van der Waals surface area contributed by atoms with Gasteiger partial charge in [-0.1, -0.05) is 23.9 Å². The Balaban J connectivity index is 2.50. The lowest BCUT2D eigenvalue weighted by Gasteiger charge is -2.02. The summed E-state index contributed by atoms with van der Waals surface area (Å²) in [5, 5.41) is 12.6. The maximum atomic E-state index is 8.31. The molecule has 0 atom stereocenters. The highest BCUT2D eigenvalue weighted by Gasteiger charge is 1.98. The van der Waals surface area contributed by atoms with E-state index in [2.05, 4.69) is 15.3 Å². The van der Waals surface area contributed by atoms with Gasteiger partial charge in [0.15, 0.2) is 5.17 Å². The van der Waals surface area contributed by atoms with Crippen LogP contribution in [-0.2, 0) is 5.75 Å². The van der Waals surface area contributed by atoms with Gasteiger partial charge in [0.1, 0.15) is 5.75 Å². The molecule has 3 N–H and O–H groups in total. The third-order valence-electron chi connectivity index (χ3n) is 1.70. The van der Waals surface area contributed by atoms with Gasteiger partial charge in [0.25, 0.3) is 6.26 Å². The Morgan fingerprint density at radius 3 is 2.81 bits per heavy atom. The van der Waals surface area contributed by atoms with Crippen molar-refractivity contribution in [1.29, 1.82) is 5.26 Å². The van der Waals surface area contributed by atoms with Crippen LogP contribution in [0.2, 0.25) is 0 Å². The molecule has 0 aliphatic carbocycles. The lowest BCUT2D eigenvalue weighted by Crippen LogP contribution is -2.11. The van der Waals surface area contributed by atoms with Crippen LogP contribution in [0.1, 0.15) is 5.56 Å². The van der Waals surface area contributed by atoms with Crippen LogP contribution >= 0.6 is 11.8 Å². The zero-order valence-corrected chi connectivity index (χ0v) is 9.62. The number of hydrogen-bond donors (Lipinski definition) is 2. The summed E-state index contributed by atoms with van der Waals surface area (Å²) in [5.41, 5.74) is 9.30. The summed E-state index contributed by atoms with van der Waals surface area (Å²) < 4.78 is 4.67. The fraction of sp³-hybridized carbons (Fsp3) is 0.200. The van der Waals surface area contributed by atoms with Crippen LogP contribution in [0.5, 0.6) is 5.75 Å². The third kappa shape index (κ3) is 4.11. The first-order valence-corrected chi connectivity index (χ1v) is 5.52. The van der Waals surface area contributed by atoms with Crippen molar-refractivity contribution in [3.05, 3.63) is 29.8 Å². The van der Waals surface area contributed by atoms with Crippen molar-refractivity contribution in [3.63, 3.8) is 0 Å². The van der Waals surface area contributed by atoms with Crippen LogP contribution in [0.3, 0.4) is 0 Å². The van der Waals surface area contributed by atoms with Crippen LogP contribution in [0, 0.1) is 11.5 Å². The molecule has 0 heterocycles. The summed E-state index contributed by atoms with van der Waals surface area (Å²) in [5.74, 6) is 1.26. The molecule has 0 saturated heterocycles. The fourth-order valence-corrected chi connectivity index (χ4v) is 1.67. The Morgan fingerprint density at radius 2 is 2.25 bits per heavy atom. The molecule has 6 heteroatoms. The van der Waals surface area contributed by atoms with Crippen LogP contribution in [0.15, 0.2) is 29.4 Å². The monoisotopic (exact) mass is 236 g/mol. The number of nitriles is 1. The van der Waals surface area contributed by atoms with E-state index >= 15 is 0 Å². The quantitative estimate of drug-likeness (QED) is 0.355. The highest BCUT2D eigenvalue weighted by atomic mass is 32.2. The number of thioether (sulfide) groups is 1. The number of nitrogens with two attached hydrogens (primary N) is 1. The van der Waals surface area contributed by atoms with E-state index in [1.807, 2.05) is 12.1 Å². The first-order valence-electron chi connectivity index (χ1n) is 4.54. The van der Waals surface area contributed by atoms with Crippen molar-refractivity contribution in [2.45, 2.75) is 5.75 Å². The predicted molar refractivity (Wildman–Crippen MR) is 64.7 cm³/mol. The van der Waals surface area contributed by atoms with E-state index in [0.29, 0.717) is 10.9 Å². The second-order valence-corrected chi connectivity index (χ2v) is 3.80. The minimum atomic E-state index is 0.486. The zero-order chi connectivity index (χ0) is 11.8. The SMILES string of the molecule is CN/N=C(\N)SCc1ccc(OC#N)cc1. The molecule has 0 bridgehead atoms.